The van der Waals surface area contributed by atoms with Crippen LogP contribution in [0, 0.1) is 11.3 Å². The quantitative estimate of drug-likeness (QED) is 0.845. The van der Waals surface area contributed by atoms with Gasteiger partial charge in [-0.2, -0.15) is 5.26 Å². The van der Waals surface area contributed by atoms with Gasteiger partial charge in [0.1, 0.15) is 6.07 Å². The van der Waals surface area contributed by atoms with Gasteiger partial charge in [-0.3, -0.25) is 0 Å². The second-order valence-electron chi connectivity index (χ2n) is 3.88. The maximum absolute atomic E-state index is 8.99. The molecule has 19 heavy (non-hydrogen) atoms. The number of hydrogen-bond donors (Lipinski definition) is 1. The van der Waals surface area contributed by atoms with Crippen molar-refractivity contribution in [1.82, 2.24) is 5.48 Å². The first-order valence-electron chi connectivity index (χ1n) is 5.99. The van der Waals surface area contributed by atoms with Crippen molar-refractivity contribution < 1.29 is 4.84 Å². The SMILES string of the molecule is CC=C(NOc1ccccc1C#N)c1ccccc1. The van der Waals surface area contributed by atoms with E-state index in [9.17, 15) is 0 Å². The number of benzene rings is 2. The number of nitriles is 1. The molecule has 0 radical (unpaired) electrons. The highest BCUT2D eigenvalue weighted by atomic mass is 16.6. The third kappa shape index (κ3) is 3.14. The minimum Gasteiger partial charge on any atom is -0.381 e. The summed E-state index contributed by atoms with van der Waals surface area (Å²) < 4.78 is 0. The minimum atomic E-state index is 0.499. The predicted molar refractivity (Wildman–Crippen MR) is 75.0 cm³/mol. The van der Waals surface area contributed by atoms with E-state index < -0.39 is 0 Å². The highest BCUT2D eigenvalue weighted by Gasteiger charge is 2.04. The van der Waals surface area contributed by atoms with Crippen LogP contribution in [0.15, 0.2) is 60.7 Å². The Balaban J connectivity index is 2.12. The molecule has 0 saturated heterocycles. The number of rotatable bonds is 4. The Morgan fingerprint density at radius 3 is 2.47 bits per heavy atom. The largest absolute Gasteiger partial charge is 0.381 e. The smallest absolute Gasteiger partial charge is 0.172 e. The van der Waals surface area contributed by atoms with E-state index in [1.165, 1.54) is 0 Å². The summed E-state index contributed by atoms with van der Waals surface area (Å²) in [6, 6.07) is 19.1. The maximum atomic E-state index is 8.99. The molecule has 2 aromatic carbocycles. The van der Waals surface area contributed by atoms with E-state index in [0.717, 1.165) is 11.3 Å². The van der Waals surface area contributed by atoms with Gasteiger partial charge in [0, 0.05) is 5.56 Å². The summed E-state index contributed by atoms with van der Waals surface area (Å²) in [5.74, 6) is 0.514. The van der Waals surface area contributed by atoms with Gasteiger partial charge in [-0.25, -0.2) is 5.48 Å². The monoisotopic (exact) mass is 250 g/mol. The van der Waals surface area contributed by atoms with Gasteiger partial charge in [-0.1, -0.05) is 48.5 Å². The molecule has 1 N–H and O–H groups in total. The van der Waals surface area contributed by atoms with E-state index in [4.69, 9.17) is 10.1 Å². The second-order valence-corrected chi connectivity index (χ2v) is 3.88. The van der Waals surface area contributed by atoms with E-state index in [2.05, 4.69) is 11.5 Å². The van der Waals surface area contributed by atoms with Crippen LogP contribution in [0.5, 0.6) is 5.75 Å². The van der Waals surface area contributed by atoms with Gasteiger partial charge in [0.15, 0.2) is 5.75 Å². The summed E-state index contributed by atoms with van der Waals surface area (Å²) in [6.07, 6.45) is 1.92. The molecule has 0 spiro atoms. The molecule has 0 aromatic heterocycles. The number of para-hydroxylation sites is 1. The second kappa shape index (κ2) is 6.27. The lowest BCUT2D eigenvalue weighted by atomic mass is 10.1. The fourth-order valence-corrected chi connectivity index (χ4v) is 1.66. The van der Waals surface area contributed by atoms with E-state index in [0.29, 0.717) is 11.3 Å². The van der Waals surface area contributed by atoms with Crippen LogP contribution < -0.4 is 10.3 Å². The van der Waals surface area contributed by atoms with Gasteiger partial charge in [-0.15, -0.1) is 0 Å². The van der Waals surface area contributed by atoms with Crippen LogP contribution in [-0.4, -0.2) is 0 Å². The molecule has 0 unspecified atom stereocenters. The molecule has 0 saturated carbocycles. The number of allylic oxidation sites excluding steroid dienone is 1. The standard InChI is InChI=1S/C16H14N2O/c1-2-15(13-8-4-3-5-9-13)18-19-16-11-7-6-10-14(16)12-17/h2-11,18H,1H3. The van der Waals surface area contributed by atoms with Crippen molar-refractivity contribution in [2.75, 3.05) is 0 Å². The Bertz CT molecular complexity index is 612. The van der Waals surface area contributed by atoms with E-state index in [1.54, 1.807) is 18.2 Å². The Hall–Kier alpha value is -2.73. The molecule has 2 aromatic rings. The fourth-order valence-electron chi connectivity index (χ4n) is 1.66. The van der Waals surface area contributed by atoms with Gasteiger partial charge < -0.3 is 4.84 Å². The normalized spacial score (nSPS) is 10.6. The van der Waals surface area contributed by atoms with Crippen LogP contribution in [0.4, 0.5) is 0 Å². The van der Waals surface area contributed by atoms with Crippen LogP contribution in [-0.2, 0) is 0 Å². The first-order valence-corrected chi connectivity index (χ1v) is 5.99. The Kier molecular flexibility index (Phi) is 4.20. The average Bonchev–Trinajstić information content (AvgIpc) is 2.49. The molecule has 0 bridgehead atoms. The number of nitrogens with zero attached hydrogens (tertiary/aromatic N) is 1. The molecule has 0 fully saturated rings. The summed E-state index contributed by atoms with van der Waals surface area (Å²) in [5.41, 5.74) is 5.27. The molecular formula is C16H14N2O. The van der Waals surface area contributed by atoms with Crippen LogP contribution in [0.3, 0.4) is 0 Å². The number of nitrogens with one attached hydrogen (secondary N) is 1. The van der Waals surface area contributed by atoms with Crippen molar-refractivity contribution >= 4 is 5.70 Å². The van der Waals surface area contributed by atoms with E-state index >= 15 is 0 Å². The van der Waals surface area contributed by atoms with Gasteiger partial charge in [0.05, 0.1) is 11.3 Å². The summed E-state index contributed by atoms with van der Waals surface area (Å²) in [5, 5.41) is 8.99. The van der Waals surface area contributed by atoms with Gasteiger partial charge in [-0.05, 0) is 19.1 Å². The topological polar surface area (TPSA) is 45.0 Å². The highest BCUT2D eigenvalue weighted by molar-refractivity contribution is 5.62. The van der Waals surface area contributed by atoms with Crippen molar-refractivity contribution in [2.45, 2.75) is 6.92 Å². The zero-order valence-corrected chi connectivity index (χ0v) is 10.6. The molecule has 0 aliphatic heterocycles. The average molecular weight is 250 g/mol. The summed E-state index contributed by atoms with van der Waals surface area (Å²) in [7, 11) is 0. The summed E-state index contributed by atoms with van der Waals surface area (Å²) in [4.78, 5) is 5.49. The van der Waals surface area contributed by atoms with Crippen molar-refractivity contribution in [1.29, 1.82) is 5.26 Å². The molecule has 94 valence electrons. The van der Waals surface area contributed by atoms with Crippen LogP contribution >= 0.6 is 0 Å². The fraction of sp³-hybridized carbons (Fsp3) is 0.0625. The summed E-state index contributed by atoms with van der Waals surface area (Å²) >= 11 is 0. The third-order valence-electron chi connectivity index (χ3n) is 2.65. The zero-order chi connectivity index (χ0) is 13.5. The first kappa shape index (κ1) is 12.7. The molecule has 2 rings (SSSR count). The van der Waals surface area contributed by atoms with Gasteiger partial charge >= 0.3 is 0 Å². The number of hydroxylamine groups is 1. The van der Waals surface area contributed by atoms with Crippen LogP contribution in [0.1, 0.15) is 18.1 Å². The Morgan fingerprint density at radius 1 is 1.11 bits per heavy atom. The number of hydrogen-bond acceptors (Lipinski definition) is 3. The van der Waals surface area contributed by atoms with Crippen LogP contribution in [0.2, 0.25) is 0 Å². The maximum Gasteiger partial charge on any atom is 0.172 e. The minimum absolute atomic E-state index is 0.499. The third-order valence-corrected chi connectivity index (χ3v) is 2.65. The lowest BCUT2D eigenvalue weighted by Gasteiger charge is -2.12. The molecular weight excluding hydrogens is 236 g/mol. The highest BCUT2D eigenvalue weighted by Crippen LogP contribution is 2.17. The van der Waals surface area contributed by atoms with E-state index in [1.807, 2.05) is 49.4 Å². The zero-order valence-electron chi connectivity index (χ0n) is 10.6. The van der Waals surface area contributed by atoms with Crippen LogP contribution in [0.25, 0.3) is 5.70 Å². The lowest BCUT2D eigenvalue weighted by molar-refractivity contribution is 0.252. The molecule has 0 amide bonds. The van der Waals surface area contributed by atoms with Crippen molar-refractivity contribution in [3.63, 3.8) is 0 Å². The molecule has 0 atom stereocenters. The van der Waals surface area contributed by atoms with Crippen molar-refractivity contribution in [3.8, 4) is 11.8 Å². The van der Waals surface area contributed by atoms with Crippen molar-refractivity contribution in [2.24, 2.45) is 0 Å². The molecule has 0 heterocycles. The van der Waals surface area contributed by atoms with Gasteiger partial charge in [0.2, 0.25) is 0 Å². The Labute approximate surface area is 112 Å². The summed E-state index contributed by atoms with van der Waals surface area (Å²) in [6.45, 7) is 1.93. The Morgan fingerprint density at radius 2 is 1.79 bits per heavy atom. The predicted octanol–water partition coefficient (Wildman–Crippen LogP) is 3.50. The molecule has 3 nitrogen and oxygen atoms in total. The van der Waals surface area contributed by atoms with E-state index in [-0.39, 0.29) is 0 Å². The molecule has 0 aliphatic rings. The molecule has 3 heteroatoms. The van der Waals surface area contributed by atoms with Gasteiger partial charge in [0.25, 0.3) is 0 Å². The van der Waals surface area contributed by atoms with Crippen molar-refractivity contribution in [3.05, 3.63) is 71.8 Å². The lowest BCUT2D eigenvalue weighted by Crippen LogP contribution is -2.17. The first-order chi connectivity index (χ1) is 9.35. The molecule has 0 aliphatic carbocycles.